The van der Waals surface area contributed by atoms with Gasteiger partial charge in [0.15, 0.2) is 5.58 Å². The van der Waals surface area contributed by atoms with Gasteiger partial charge in [0, 0.05) is 17.8 Å². The summed E-state index contributed by atoms with van der Waals surface area (Å²) in [5.74, 6) is -0.439. The molecule has 1 aromatic carbocycles. The van der Waals surface area contributed by atoms with Crippen LogP contribution in [0.3, 0.4) is 0 Å². The molecule has 0 unspecified atom stereocenters. The van der Waals surface area contributed by atoms with Gasteiger partial charge in [-0.25, -0.2) is 4.79 Å². The molecule has 0 aliphatic heterocycles. The van der Waals surface area contributed by atoms with Crippen molar-refractivity contribution in [1.82, 2.24) is 4.98 Å². The van der Waals surface area contributed by atoms with Crippen molar-refractivity contribution in [3.63, 3.8) is 0 Å². The number of H-pyrrole nitrogens is 1. The van der Waals surface area contributed by atoms with Crippen molar-refractivity contribution in [3.05, 3.63) is 28.7 Å². The van der Waals surface area contributed by atoms with Crippen LogP contribution in [-0.2, 0) is 0 Å². The lowest BCUT2D eigenvalue weighted by atomic mass is 10.1. The van der Waals surface area contributed by atoms with Crippen molar-refractivity contribution in [2.24, 2.45) is 5.73 Å². The SMILES string of the molecule is CC(C)(N)CNc1ccc2oc(=O)[nH]c2c1. The lowest BCUT2D eigenvalue weighted by Crippen LogP contribution is -2.39. The normalized spacial score (nSPS) is 11.9. The standard InChI is InChI=1S/C11H15N3O2/c1-11(2,12)6-13-7-3-4-9-8(5-7)14-10(15)16-9/h3-5,13H,6,12H2,1-2H3,(H,14,15). The number of fused-ring (bicyclic) bond motifs is 1. The number of hydrogen-bond acceptors (Lipinski definition) is 4. The van der Waals surface area contributed by atoms with Crippen molar-refractivity contribution in [2.45, 2.75) is 19.4 Å². The van der Waals surface area contributed by atoms with Crippen LogP contribution in [-0.4, -0.2) is 17.1 Å². The Morgan fingerprint density at radius 3 is 2.94 bits per heavy atom. The van der Waals surface area contributed by atoms with E-state index in [2.05, 4.69) is 10.3 Å². The van der Waals surface area contributed by atoms with Crippen LogP contribution in [0, 0.1) is 0 Å². The molecular weight excluding hydrogens is 206 g/mol. The highest BCUT2D eigenvalue weighted by molar-refractivity contribution is 5.76. The summed E-state index contributed by atoms with van der Waals surface area (Å²) in [5.41, 5.74) is 7.73. The second-order valence-electron chi connectivity index (χ2n) is 4.57. The van der Waals surface area contributed by atoms with Crippen molar-refractivity contribution in [3.8, 4) is 0 Å². The minimum absolute atomic E-state index is 0.279. The van der Waals surface area contributed by atoms with Gasteiger partial charge in [-0.2, -0.15) is 0 Å². The molecule has 0 radical (unpaired) electrons. The Kier molecular flexibility index (Phi) is 2.47. The number of nitrogens with two attached hydrogens (primary N) is 1. The number of aromatic nitrogens is 1. The zero-order valence-corrected chi connectivity index (χ0v) is 9.33. The highest BCUT2D eigenvalue weighted by atomic mass is 16.4. The van der Waals surface area contributed by atoms with Crippen LogP contribution in [0.1, 0.15) is 13.8 Å². The minimum atomic E-state index is -0.439. The maximum atomic E-state index is 11.0. The van der Waals surface area contributed by atoms with E-state index in [-0.39, 0.29) is 5.54 Å². The van der Waals surface area contributed by atoms with Crippen LogP contribution < -0.4 is 16.8 Å². The number of nitrogens with one attached hydrogen (secondary N) is 2. The highest BCUT2D eigenvalue weighted by Crippen LogP contribution is 2.16. The van der Waals surface area contributed by atoms with Gasteiger partial charge in [-0.05, 0) is 32.0 Å². The third-order valence-electron chi connectivity index (χ3n) is 2.17. The van der Waals surface area contributed by atoms with Crippen molar-refractivity contribution < 1.29 is 4.42 Å². The van der Waals surface area contributed by atoms with E-state index in [0.29, 0.717) is 17.6 Å². The summed E-state index contributed by atoms with van der Waals surface area (Å²) in [6, 6.07) is 5.43. The summed E-state index contributed by atoms with van der Waals surface area (Å²) in [7, 11) is 0. The Morgan fingerprint density at radius 1 is 1.50 bits per heavy atom. The van der Waals surface area contributed by atoms with Gasteiger partial charge in [0.05, 0.1) is 5.52 Å². The molecule has 2 rings (SSSR count). The summed E-state index contributed by atoms with van der Waals surface area (Å²) < 4.78 is 4.90. The molecule has 4 N–H and O–H groups in total. The molecule has 2 aromatic rings. The molecule has 1 heterocycles. The molecule has 0 saturated carbocycles. The first kappa shape index (κ1) is 10.8. The Labute approximate surface area is 92.6 Å². The maximum Gasteiger partial charge on any atom is 0.417 e. The molecule has 0 spiro atoms. The highest BCUT2D eigenvalue weighted by Gasteiger charge is 2.10. The predicted molar refractivity (Wildman–Crippen MR) is 63.6 cm³/mol. The van der Waals surface area contributed by atoms with E-state index in [1.165, 1.54) is 0 Å². The number of anilines is 1. The fraction of sp³-hybridized carbons (Fsp3) is 0.364. The van der Waals surface area contributed by atoms with Crippen LogP contribution in [0.25, 0.3) is 11.1 Å². The molecule has 0 aliphatic carbocycles. The van der Waals surface area contributed by atoms with Crippen LogP contribution in [0.5, 0.6) is 0 Å². The first-order chi connectivity index (χ1) is 7.44. The van der Waals surface area contributed by atoms with Gasteiger partial charge in [-0.15, -0.1) is 0 Å². The van der Waals surface area contributed by atoms with Crippen LogP contribution >= 0.6 is 0 Å². The molecule has 0 atom stereocenters. The van der Waals surface area contributed by atoms with E-state index < -0.39 is 5.76 Å². The Hall–Kier alpha value is -1.75. The lowest BCUT2D eigenvalue weighted by molar-refractivity contribution is 0.549. The summed E-state index contributed by atoms with van der Waals surface area (Å²) >= 11 is 0. The molecule has 16 heavy (non-hydrogen) atoms. The van der Waals surface area contributed by atoms with Crippen LogP contribution in [0.4, 0.5) is 5.69 Å². The van der Waals surface area contributed by atoms with E-state index in [0.717, 1.165) is 5.69 Å². The van der Waals surface area contributed by atoms with Gasteiger partial charge in [-0.1, -0.05) is 0 Å². The zero-order valence-electron chi connectivity index (χ0n) is 9.33. The predicted octanol–water partition coefficient (Wildman–Crippen LogP) is 1.27. The van der Waals surface area contributed by atoms with E-state index >= 15 is 0 Å². The first-order valence-electron chi connectivity index (χ1n) is 5.10. The monoisotopic (exact) mass is 221 g/mol. The molecule has 1 aromatic heterocycles. The molecule has 0 fully saturated rings. The van der Waals surface area contributed by atoms with Crippen molar-refractivity contribution >= 4 is 16.8 Å². The molecule has 0 aliphatic rings. The second-order valence-corrected chi connectivity index (χ2v) is 4.57. The average Bonchev–Trinajstić information content (AvgIpc) is 2.52. The maximum absolute atomic E-state index is 11.0. The summed E-state index contributed by atoms with van der Waals surface area (Å²) in [5, 5.41) is 3.20. The molecule has 5 nitrogen and oxygen atoms in total. The second kappa shape index (κ2) is 3.68. The number of hydrogen-bond donors (Lipinski definition) is 3. The molecule has 5 heteroatoms. The van der Waals surface area contributed by atoms with E-state index in [1.54, 1.807) is 6.07 Å². The Balaban J connectivity index is 2.22. The number of benzene rings is 1. The van der Waals surface area contributed by atoms with E-state index in [9.17, 15) is 4.79 Å². The topological polar surface area (TPSA) is 84.0 Å². The van der Waals surface area contributed by atoms with Gasteiger partial charge < -0.3 is 15.5 Å². The zero-order chi connectivity index (χ0) is 11.8. The van der Waals surface area contributed by atoms with Crippen molar-refractivity contribution in [2.75, 3.05) is 11.9 Å². The Bertz CT molecular complexity index is 548. The van der Waals surface area contributed by atoms with Gasteiger partial charge in [0.1, 0.15) is 0 Å². The van der Waals surface area contributed by atoms with Crippen LogP contribution in [0.2, 0.25) is 0 Å². The van der Waals surface area contributed by atoms with Gasteiger partial charge in [-0.3, -0.25) is 4.98 Å². The molecular formula is C11H15N3O2. The molecule has 0 saturated heterocycles. The van der Waals surface area contributed by atoms with E-state index in [4.69, 9.17) is 10.2 Å². The first-order valence-corrected chi connectivity index (χ1v) is 5.10. The quantitative estimate of drug-likeness (QED) is 0.728. The molecule has 86 valence electrons. The fourth-order valence-corrected chi connectivity index (χ4v) is 1.39. The van der Waals surface area contributed by atoms with E-state index in [1.807, 2.05) is 26.0 Å². The summed E-state index contributed by atoms with van der Waals surface area (Å²) in [6.45, 7) is 4.54. The smallest absolute Gasteiger partial charge is 0.408 e. The number of aromatic amines is 1. The number of oxazole rings is 1. The molecule has 0 bridgehead atoms. The number of rotatable bonds is 3. The minimum Gasteiger partial charge on any atom is -0.408 e. The van der Waals surface area contributed by atoms with Gasteiger partial charge >= 0.3 is 5.76 Å². The Morgan fingerprint density at radius 2 is 2.25 bits per heavy atom. The third-order valence-corrected chi connectivity index (χ3v) is 2.17. The largest absolute Gasteiger partial charge is 0.417 e. The summed E-state index contributed by atoms with van der Waals surface area (Å²) in [6.07, 6.45) is 0. The fourth-order valence-electron chi connectivity index (χ4n) is 1.39. The molecule has 0 amide bonds. The summed E-state index contributed by atoms with van der Waals surface area (Å²) in [4.78, 5) is 13.6. The lowest BCUT2D eigenvalue weighted by Gasteiger charge is -2.19. The van der Waals surface area contributed by atoms with Crippen molar-refractivity contribution in [1.29, 1.82) is 0 Å². The average molecular weight is 221 g/mol. The van der Waals surface area contributed by atoms with Gasteiger partial charge in [0.2, 0.25) is 0 Å². The third kappa shape index (κ3) is 2.43. The van der Waals surface area contributed by atoms with Gasteiger partial charge in [0.25, 0.3) is 0 Å². The van der Waals surface area contributed by atoms with Crippen LogP contribution in [0.15, 0.2) is 27.4 Å².